The van der Waals surface area contributed by atoms with Crippen molar-refractivity contribution < 1.29 is 18.1 Å². The Bertz CT molecular complexity index is 858. The van der Waals surface area contributed by atoms with Crippen LogP contribution in [0.4, 0.5) is 0 Å². The molecule has 0 radical (unpaired) electrons. The van der Waals surface area contributed by atoms with Gasteiger partial charge in [-0.1, -0.05) is 30.3 Å². The van der Waals surface area contributed by atoms with Gasteiger partial charge in [-0.15, -0.1) is 11.3 Å². The molecule has 0 unspecified atom stereocenters. The number of hydrogen-bond donors (Lipinski definition) is 2. The molecule has 1 fully saturated rings. The molecule has 27 heavy (non-hydrogen) atoms. The second-order valence-electron chi connectivity index (χ2n) is 6.79. The maximum absolute atomic E-state index is 12.5. The van der Waals surface area contributed by atoms with Crippen LogP contribution in [0.5, 0.6) is 0 Å². The van der Waals surface area contributed by atoms with Crippen molar-refractivity contribution in [1.29, 1.82) is 0 Å². The molecule has 6 nitrogen and oxygen atoms in total. The van der Waals surface area contributed by atoms with E-state index in [-0.39, 0.29) is 5.91 Å². The summed E-state index contributed by atoms with van der Waals surface area (Å²) in [6, 6.07) is 11.6. The third kappa shape index (κ3) is 5.16. The summed E-state index contributed by atoms with van der Waals surface area (Å²) in [6.45, 7) is 5.28. The first-order valence-corrected chi connectivity index (χ1v) is 11.5. The van der Waals surface area contributed by atoms with Gasteiger partial charge in [-0.2, -0.15) is 4.31 Å². The maximum Gasteiger partial charge on any atom is 0.275 e. The van der Waals surface area contributed by atoms with Crippen LogP contribution >= 0.6 is 11.3 Å². The Hall–Kier alpha value is -1.74. The number of sulfonamides is 1. The second-order valence-corrected chi connectivity index (χ2v) is 9.90. The van der Waals surface area contributed by atoms with E-state index in [0.717, 1.165) is 11.3 Å². The van der Waals surface area contributed by atoms with E-state index >= 15 is 0 Å². The Morgan fingerprint density at radius 2 is 1.93 bits per heavy atom. The van der Waals surface area contributed by atoms with Crippen LogP contribution in [-0.2, 0) is 21.2 Å². The number of carbonyl (C=O) groups is 1. The SMILES string of the molecule is Cc1ccccc1CCNC(=O)C[NH+]1CCN(S(=O)(=O)c2cccs2)CC1. The molecule has 2 aromatic rings. The van der Waals surface area contributed by atoms with Crippen LogP contribution in [0.3, 0.4) is 0 Å². The average Bonchev–Trinajstić information content (AvgIpc) is 3.19. The van der Waals surface area contributed by atoms with Crippen molar-refractivity contribution in [3.63, 3.8) is 0 Å². The lowest BCUT2D eigenvalue weighted by Crippen LogP contribution is -3.15. The maximum atomic E-state index is 12.5. The van der Waals surface area contributed by atoms with Crippen LogP contribution in [0.1, 0.15) is 11.1 Å². The average molecular weight is 409 g/mol. The largest absolute Gasteiger partial charge is 0.351 e. The molecule has 0 saturated carbocycles. The summed E-state index contributed by atoms with van der Waals surface area (Å²) in [6.07, 6.45) is 0.820. The fraction of sp³-hybridized carbons (Fsp3) is 0.421. The topological polar surface area (TPSA) is 70.9 Å². The van der Waals surface area contributed by atoms with Crippen LogP contribution in [0, 0.1) is 6.92 Å². The Morgan fingerprint density at radius 3 is 2.59 bits per heavy atom. The van der Waals surface area contributed by atoms with Gasteiger partial charge >= 0.3 is 0 Å². The molecule has 0 aliphatic carbocycles. The van der Waals surface area contributed by atoms with Gasteiger partial charge in [-0.25, -0.2) is 8.42 Å². The molecule has 2 N–H and O–H groups in total. The van der Waals surface area contributed by atoms with Crippen molar-refractivity contribution in [2.75, 3.05) is 39.3 Å². The third-order valence-electron chi connectivity index (χ3n) is 4.91. The van der Waals surface area contributed by atoms with Crippen LogP contribution in [0.2, 0.25) is 0 Å². The minimum Gasteiger partial charge on any atom is -0.351 e. The van der Waals surface area contributed by atoms with Crippen LogP contribution in [0.15, 0.2) is 46.0 Å². The summed E-state index contributed by atoms with van der Waals surface area (Å²) in [7, 11) is -3.38. The molecule has 1 amide bonds. The normalized spacial score (nSPS) is 16.3. The predicted molar refractivity (Wildman–Crippen MR) is 107 cm³/mol. The molecule has 1 aliphatic heterocycles. The van der Waals surface area contributed by atoms with Gasteiger partial charge in [0.15, 0.2) is 6.54 Å². The Labute approximate surface area is 164 Å². The zero-order chi connectivity index (χ0) is 19.3. The first-order chi connectivity index (χ1) is 13.0. The molecule has 0 atom stereocenters. The summed E-state index contributed by atoms with van der Waals surface area (Å²) in [5.41, 5.74) is 2.48. The first kappa shape index (κ1) is 20.0. The Morgan fingerprint density at radius 1 is 1.19 bits per heavy atom. The highest BCUT2D eigenvalue weighted by Gasteiger charge is 2.31. The highest BCUT2D eigenvalue weighted by molar-refractivity contribution is 7.91. The lowest BCUT2D eigenvalue weighted by molar-refractivity contribution is -0.895. The highest BCUT2D eigenvalue weighted by atomic mass is 32.2. The van der Waals surface area contributed by atoms with Crippen LogP contribution < -0.4 is 10.2 Å². The van der Waals surface area contributed by atoms with E-state index in [9.17, 15) is 13.2 Å². The van der Waals surface area contributed by atoms with Gasteiger partial charge in [-0.05, 0) is 35.9 Å². The van der Waals surface area contributed by atoms with Crippen molar-refractivity contribution in [1.82, 2.24) is 9.62 Å². The zero-order valence-electron chi connectivity index (χ0n) is 15.5. The Balaban J connectivity index is 1.41. The van der Waals surface area contributed by atoms with Crippen molar-refractivity contribution in [2.24, 2.45) is 0 Å². The monoisotopic (exact) mass is 408 g/mol. The van der Waals surface area contributed by atoms with E-state index < -0.39 is 10.0 Å². The minimum absolute atomic E-state index is 0.0214. The van der Waals surface area contributed by atoms with Gasteiger partial charge < -0.3 is 10.2 Å². The quantitative estimate of drug-likeness (QED) is 0.693. The number of aryl methyl sites for hydroxylation is 1. The second kappa shape index (κ2) is 8.97. The molecule has 1 aromatic heterocycles. The Kier molecular flexibility index (Phi) is 6.64. The van der Waals surface area contributed by atoms with E-state index in [1.807, 2.05) is 12.1 Å². The van der Waals surface area contributed by atoms with Crippen molar-refractivity contribution >= 4 is 27.3 Å². The minimum atomic E-state index is -3.38. The summed E-state index contributed by atoms with van der Waals surface area (Å²) in [4.78, 5) is 13.3. The standard InChI is InChI=1S/C19H25N3O3S2/c1-16-5-2-3-6-17(16)8-9-20-18(23)15-21-10-12-22(13-11-21)27(24,25)19-7-4-14-26-19/h2-7,14H,8-13,15H2,1H3,(H,20,23)/p+1. The summed E-state index contributed by atoms with van der Waals surface area (Å²) < 4.78 is 27.0. The molecule has 146 valence electrons. The van der Waals surface area contributed by atoms with Crippen LogP contribution in [-0.4, -0.2) is 57.9 Å². The number of nitrogens with one attached hydrogen (secondary N) is 2. The molecule has 3 rings (SSSR count). The smallest absolute Gasteiger partial charge is 0.275 e. The fourth-order valence-corrected chi connectivity index (χ4v) is 5.86. The lowest BCUT2D eigenvalue weighted by atomic mass is 10.1. The van der Waals surface area contributed by atoms with Gasteiger partial charge in [0.25, 0.3) is 15.9 Å². The van der Waals surface area contributed by atoms with E-state index in [1.165, 1.54) is 26.8 Å². The number of piperazine rings is 1. The highest BCUT2D eigenvalue weighted by Crippen LogP contribution is 2.20. The molecule has 1 saturated heterocycles. The van der Waals surface area contributed by atoms with Crippen molar-refractivity contribution in [3.8, 4) is 0 Å². The van der Waals surface area contributed by atoms with Crippen LogP contribution in [0.25, 0.3) is 0 Å². The lowest BCUT2D eigenvalue weighted by Gasteiger charge is -2.30. The van der Waals surface area contributed by atoms with E-state index in [0.29, 0.717) is 43.5 Å². The number of amides is 1. The molecule has 0 bridgehead atoms. The molecular formula is C19H26N3O3S2+. The molecular weight excluding hydrogens is 382 g/mol. The number of carbonyl (C=O) groups excluding carboxylic acids is 1. The van der Waals surface area contributed by atoms with Gasteiger partial charge in [0.2, 0.25) is 0 Å². The number of thiophene rings is 1. The van der Waals surface area contributed by atoms with Gasteiger partial charge in [-0.3, -0.25) is 4.79 Å². The van der Waals surface area contributed by atoms with Gasteiger partial charge in [0.05, 0.1) is 26.2 Å². The van der Waals surface area contributed by atoms with Gasteiger partial charge in [0.1, 0.15) is 4.21 Å². The summed E-state index contributed by atoms with van der Waals surface area (Å²) in [5, 5.41) is 4.75. The summed E-state index contributed by atoms with van der Waals surface area (Å²) in [5.74, 6) is 0.0214. The number of quaternary nitrogens is 1. The number of hydrogen-bond acceptors (Lipinski definition) is 4. The van der Waals surface area contributed by atoms with E-state index in [4.69, 9.17) is 0 Å². The molecule has 8 heteroatoms. The van der Waals surface area contributed by atoms with E-state index in [2.05, 4.69) is 24.4 Å². The van der Waals surface area contributed by atoms with E-state index in [1.54, 1.807) is 17.5 Å². The fourth-order valence-electron chi connectivity index (χ4n) is 3.27. The molecule has 0 spiro atoms. The number of nitrogens with zero attached hydrogens (tertiary/aromatic N) is 1. The molecule has 2 heterocycles. The third-order valence-corrected chi connectivity index (χ3v) is 8.18. The molecule has 1 aliphatic rings. The molecule has 1 aromatic carbocycles. The van der Waals surface area contributed by atoms with Crippen molar-refractivity contribution in [2.45, 2.75) is 17.6 Å². The number of benzene rings is 1. The van der Waals surface area contributed by atoms with Gasteiger partial charge in [0, 0.05) is 6.54 Å². The predicted octanol–water partition coefficient (Wildman–Crippen LogP) is 0.305. The zero-order valence-corrected chi connectivity index (χ0v) is 17.1. The number of rotatable bonds is 7. The summed E-state index contributed by atoms with van der Waals surface area (Å²) >= 11 is 1.24. The first-order valence-electron chi connectivity index (χ1n) is 9.15. The van der Waals surface area contributed by atoms with Crippen molar-refractivity contribution in [3.05, 3.63) is 52.9 Å².